The molecule has 3 N–H and O–H groups in total. The third kappa shape index (κ3) is 5.08. The van der Waals surface area contributed by atoms with E-state index in [1.807, 2.05) is 20.8 Å². The summed E-state index contributed by atoms with van der Waals surface area (Å²) in [6.45, 7) is 6.00. The van der Waals surface area contributed by atoms with Crippen LogP contribution in [0.25, 0.3) is 0 Å². The number of hydrogen-bond acceptors (Lipinski definition) is 6. The molecule has 2 aromatic rings. The van der Waals surface area contributed by atoms with E-state index in [0.29, 0.717) is 5.76 Å². The van der Waals surface area contributed by atoms with Gasteiger partial charge in [-0.05, 0) is 41.3 Å². The number of nitrogens with zero attached hydrogens (tertiary/aromatic N) is 3. The van der Waals surface area contributed by atoms with Crippen molar-refractivity contribution in [3.05, 3.63) is 46.9 Å². The van der Waals surface area contributed by atoms with Crippen LogP contribution in [0.1, 0.15) is 42.9 Å². The molecule has 1 aromatic carbocycles. The fraction of sp³-hybridized carbons (Fsp3) is 0.350. The molecule has 0 fully saturated rings. The van der Waals surface area contributed by atoms with Crippen LogP contribution in [0.15, 0.2) is 43.5 Å². The molecule has 0 bridgehead atoms. The molecule has 11 heteroatoms. The van der Waals surface area contributed by atoms with E-state index in [4.69, 9.17) is 16.0 Å². The second-order valence-electron chi connectivity index (χ2n) is 8.22. The second-order valence-corrected chi connectivity index (χ2v) is 9.42. The number of amidine groups is 2. The normalized spacial score (nSPS) is 17.0. The van der Waals surface area contributed by atoms with Crippen LogP contribution < -0.4 is 10.6 Å². The summed E-state index contributed by atoms with van der Waals surface area (Å²) in [6, 6.07) is 7.75. The van der Waals surface area contributed by atoms with E-state index < -0.39 is 11.2 Å². The molecule has 1 aliphatic rings. The lowest BCUT2D eigenvalue weighted by molar-refractivity contribution is 0.0824. The maximum absolute atomic E-state index is 12.3. The van der Waals surface area contributed by atoms with Crippen LogP contribution in [0.3, 0.4) is 0 Å². The Balaban J connectivity index is 1.89. The minimum absolute atomic E-state index is 0.124. The fourth-order valence-electron chi connectivity index (χ4n) is 2.96. The minimum atomic E-state index is -1.84. The molecular weight excluding hydrogens is 442 g/mol. The highest BCUT2D eigenvalue weighted by molar-refractivity contribution is 7.83. The molecule has 9 nitrogen and oxygen atoms in total. The number of benzene rings is 1. The van der Waals surface area contributed by atoms with Crippen LogP contribution in [0, 0.1) is 5.41 Å². The fourth-order valence-corrected chi connectivity index (χ4v) is 3.74. The van der Waals surface area contributed by atoms with E-state index >= 15 is 0 Å². The summed E-state index contributed by atoms with van der Waals surface area (Å²) in [7, 11) is 3.18. The predicted molar refractivity (Wildman–Crippen MR) is 122 cm³/mol. The van der Waals surface area contributed by atoms with Gasteiger partial charge in [0.05, 0.1) is 17.3 Å². The number of nitrogens with one attached hydrogen (secondary N) is 2. The van der Waals surface area contributed by atoms with Crippen LogP contribution in [-0.2, 0) is 11.2 Å². The van der Waals surface area contributed by atoms with Gasteiger partial charge in [0.2, 0.25) is 0 Å². The Hall–Kier alpha value is -2.85. The summed E-state index contributed by atoms with van der Waals surface area (Å²) in [5, 5.41) is 17.0. The Labute approximate surface area is 187 Å². The molecule has 0 aliphatic carbocycles. The van der Waals surface area contributed by atoms with Gasteiger partial charge in [-0.25, -0.2) is 4.21 Å². The molecule has 3 rings (SSSR count). The van der Waals surface area contributed by atoms with Gasteiger partial charge >= 0.3 is 0 Å². The molecule has 0 saturated heterocycles. The first-order valence-electron chi connectivity index (χ1n) is 9.39. The summed E-state index contributed by atoms with van der Waals surface area (Å²) < 4.78 is 25.7. The van der Waals surface area contributed by atoms with Gasteiger partial charge in [0.1, 0.15) is 5.76 Å². The summed E-state index contributed by atoms with van der Waals surface area (Å²) in [6.07, 6.45) is 0. The van der Waals surface area contributed by atoms with E-state index in [1.54, 1.807) is 38.4 Å². The number of anilines is 1. The average Bonchev–Trinajstić information content (AvgIpc) is 3.24. The highest BCUT2D eigenvalue weighted by Gasteiger charge is 2.33. The van der Waals surface area contributed by atoms with Gasteiger partial charge < -0.3 is 25.1 Å². The zero-order chi connectivity index (χ0) is 22.9. The molecular formula is C20H24ClN5O4S. The van der Waals surface area contributed by atoms with Gasteiger partial charge in [-0.1, -0.05) is 26.8 Å². The second kappa shape index (κ2) is 8.72. The van der Waals surface area contributed by atoms with Crippen molar-refractivity contribution < 1.29 is 18.5 Å². The van der Waals surface area contributed by atoms with Gasteiger partial charge in [-0.15, -0.1) is 8.80 Å². The zero-order valence-corrected chi connectivity index (χ0v) is 19.3. The molecule has 1 unspecified atom stereocenters. The number of carbonyl (C=O) groups excluding carboxylic acids is 1. The van der Waals surface area contributed by atoms with E-state index in [2.05, 4.69) is 19.4 Å². The van der Waals surface area contributed by atoms with Gasteiger partial charge in [-0.3, -0.25) is 4.79 Å². The Morgan fingerprint density at radius 3 is 2.45 bits per heavy atom. The number of furan rings is 1. The van der Waals surface area contributed by atoms with Gasteiger partial charge in [0, 0.05) is 14.1 Å². The number of amides is 1. The summed E-state index contributed by atoms with van der Waals surface area (Å²) >= 11 is 4.10. The highest BCUT2D eigenvalue weighted by Crippen LogP contribution is 2.35. The number of carbonyl (C=O) groups is 1. The number of phenols is 1. The molecule has 1 amide bonds. The third-order valence-corrected chi connectivity index (χ3v) is 5.39. The van der Waals surface area contributed by atoms with Gasteiger partial charge in [0.25, 0.3) is 17.1 Å². The quantitative estimate of drug-likeness (QED) is 0.594. The lowest BCUT2D eigenvalue weighted by atomic mass is 9.85. The van der Waals surface area contributed by atoms with Crippen LogP contribution in [-0.4, -0.2) is 45.9 Å². The first-order valence-corrected chi connectivity index (χ1v) is 10.8. The van der Waals surface area contributed by atoms with Gasteiger partial charge in [-0.2, -0.15) is 0 Å². The van der Waals surface area contributed by atoms with Crippen molar-refractivity contribution in [2.24, 2.45) is 14.2 Å². The maximum Gasteiger partial charge on any atom is 0.269 e. The van der Waals surface area contributed by atoms with Crippen molar-refractivity contribution in [3.63, 3.8) is 0 Å². The molecule has 1 aromatic heterocycles. The average molecular weight is 466 g/mol. The smallest absolute Gasteiger partial charge is 0.269 e. The van der Waals surface area contributed by atoms with E-state index in [-0.39, 0.29) is 51.3 Å². The Kier molecular flexibility index (Phi) is 6.42. The van der Waals surface area contributed by atoms with Crippen molar-refractivity contribution >= 4 is 46.0 Å². The SMILES string of the molecule is CN(C)C(=O)c1cccc(NC2=NS(=O)N=C2N[C@@H](c2ccc(Cl)o2)C(C)(C)C)c1O. The Morgan fingerprint density at radius 1 is 1.19 bits per heavy atom. The van der Waals surface area contributed by atoms with Gasteiger partial charge in [0.15, 0.2) is 22.6 Å². The Morgan fingerprint density at radius 2 is 1.87 bits per heavy atom. The van der Waals surface area contributed by atoms with Crippen molar-refractivity contribution in [2.75, 3.05) is 19.4 Å². The molecule has 0 saturated carbocycles. The highest BCUT2D eigenvalue weighted by atomic mass is 35.5. The third-order valence-electron chi connectivity index (χ3n) is 4.51. The maximum atomic E-state index is 12.3. The van der Waals surface area contributed by atoms with E-state index in [1.165, 1.54) is 11.0 Å². The zero-order valence-electron chi connectivity index (χ0n) is 17.8. The van der Waals surface area contributed by atoms with Crippen molar-refractivity contribution in [2.45, 2.75) is 26.8 Å². The summed E-state index contributed by atoms with van der Waals surface area (Å²) in [5.74, 6) is 0.377. The molecule has 0 spiro atoms. The van der Waals surface area contributed by atoms with Crippen molar-refractivity contribution in [1.82, 2.24) is 10.2 Å². The number of hydrogen-bond donors (Lipinski definition) is 3. The number of aromatic hydroxyl groups is 1. The van der Waals surface area contributed by atoms with E-state index in [0.717, 1.165) is 0 Å². The molecule has 1 aliphatic heterocycles. The summed E-state index contributed by atoms with van der Waals surface area (Å²) in [4.78, 5) is 13.6. The number of halogens is 1. The number of rotatable bonds is 4. The minimum Gasteiger partial charge on any atom is -0.505 e. The van der Waals surface area contributed by atoms with Crippen LogP contribution in [0.2, 0.25) is 5.22 Å². The topological polar surface area (TPSA) is 120 Å². The van der Waals surface area contributed by atoms with Crippen LogP contribution >= 0.6 is 11.6 Å². The van der Waals surface area contributed by atoms with E-state index in [9.17, 15) is 14.1 Å². The lowest BCUT2D eigenvalue weighted by Gasteiger charge is -2.30. The predicted octanol–water partition coefficient (Wildman–Crippen LogP) is 3.52. The summed E-state index contributed by atoms with van der Waals surface area (Å²) in [5.41, 5.74) is 0.0335. The van der Waals surface area contributed by atoms with Crippen LogP contribution in [0.4, 0.5) is 5.69 Å². The largest absolute Gasteiger partial charge is 0.505 e. The molecule has 2 heterocycles. The molecule has 31 heavy (non-hydrogen) atoms. The lowest BCUT2D eigenvalue weighted by Crippen LogP contribution is -2.41. The van der Waals surface area contributed by atoms with Crippen molar-refractivity contribution in [1.29, 1.82) is 0 Å². The standard InChI is InChI=1S/C20H24ClN5O4S/c1-20(2,3)16(13-9-10-14(21)30-13)23-18-17(24-31(29)25-18)22-12-8-6-7-11(15(12)27)19(28)26(4)5/h6-10,16,27H,1-5H3,(H,22,24)(H,23,25)/t16-,31?/m0/s1. The molecule has 166 valence electrons. The van der Waals surface area contributed by atoms with Crippen LogP contribution in [0.5, 0.6) is 5.75 Å². The van der Waals surface area contributed by atoms with Crippen molar-refractivity contribution in [3.8, 4) is 5.75 Å². The Bertz CT molecular complexity index is 1090. The first-order chi connectivity index (χ1) is 14.5. The molecule has 0 radical (unpaired) electrons. The first kappa shape index (κ1) is 22.8. The monoisotopic (exact) mass is 465 g/mol. The number of para-hydroxylation sites is 1. The number of phenolic OH excluding ortho intramolecular Hbond substituents is 1. The molecule has 2 atom stereocenters.